The van der Waals surface area contributed by atoms with Crippen LogP contribution in [0.5, 0.6) is 0 Å². The molecule has 3 heteroatoms. The summed E-state index contributed by atoms with van der Waals surface area (Å²) in [5.41, 5.74) is 4.37. The molecule has 0 aliphatic rings. The average Bonchev–Trinajstić information content (AvgIpc) is 2.72. The van der Waals surface area contributed by atoms with Gasteiger partial charge in [0.25, 0.3) is 0 Å². The smallest absolute Gasteiger partial charge is 0.167 e. The lowest BCUT2D eigenvalue weighted by molar-refractivity contribution is 0.514. The summed E-state index contributed by atoms with van der Waals surface area (Å²) in [7, 11) is 5.66. The Balaban J connectivity index is 1.70. The van der Waals surface area contributed by atoms with E-state index >= 15 is 0 Å². The molecule has 0 fully saturated rings. The van der Waals surface area contributed by atoms with Gasteiger partial charge in [0.15, 0.2) is 11.6 Å². The van der Waals surface area contributed by atoms with Gasteiger partial charge in [0.05, 0.1) is 0 Å². The maximum Gasteiger partial charge on any atom is 0.167 e. The first-order valence-electron chi connectivity index (χ1n) is 8.63. The summed E-state index contributed by atoms with van der Waals surface area (Å²) in [6.45, 7) is 0. The van der Waals surface area contributed by atoms with Crippen LogP contribution < -0.4 is 5.46 Å². The van der Waals surface area contributed by atoms with Gasteiger partial charge in [-0.1, -0.05) is 96.5 Å². The van der Waals surface area contributed by atoms with Crippen molar-refractivity contribution in [3.8, 4) is 33.4 Å². The maximum atomic E-state index is 14.7. The molecule has 0 heterocycles. The fraction of sp³-hybridized carbons (Fsp3) is 0. The molecule has 0 aromatic heterocycles. The lowest BCUT2D eigenvalue weighted by atomic mass is 9.92. The van der Waals surface area contributed by atoms with Gasteiger partial charge in [-0.2, -0.15) is 0 Å². The Morgan fingerprint density at radius 3 is 1.37 bits per heavy atom. The second-order valence-corrected chi connectivity index (χ2v) is 6.35. The summed E-state index contributed by atoms with van der Waals surface area (Å²) in [6, 6.07) is 27.3. The number of hydrogen-bond donors (Lipinski definition) is 0. The zero-order valence-electron chi connectivity index (χ0n) is 14.5. The molecule has 4 rings (SSSR count). The molecule has 0 saturated carbocycles. The van der Waals surface area contributed by atoms with E-state index in [1.54, 1.807) is 36.4 Å². The fourth-order valence-electron chi connectivity index (χ4n) is 3.13. The van der Waals surface area contributed by atoms with E-state index in [2.05, 4.69) is 0 Å². The highest BCUT2D eigenvalue weighted by Gasteiger charge is 2.16. The molecule has 0 N–H and O–H groups in total. The first-order valence-corrected chi connectivity index (χ1v) is 8.63. The number of benzene rings is 4. The summed E-state index contributed by atoms with van der Waals surface area (Å²) in [5, 5.41) is 0. The normalized spacial score (nSPS) is 10.7. The van der Waals surface area contributed by atoms with Crippen LogP contribution in [-0.4, -0.2) is 7.85 Å². The molecule has 128 valence electrons. The SMILES string of the molecule is [B]c1ccc(-c2ccc(-c3ccc(-c4ccccc4)cc3)c(F)c2F)cc1. The third kappa shape index (κ3) is 3.41. The Kier molecular flexibility index (Phi) is 4.60. The average molecular weight is 352 g/mol. The van der Waals surface area contributed by atoms with E-state index in [1.165, 1.54) is 0 Å². The van der Waals surface area contributed by atoms with Gasteiger partial charge in [-0.3, -0.25) is 0 Å². The summed E-state index contributed by atoms with van der Waals surface area (Å²) < 4.78 is 29.4. The third-order valence-electron chi connectivity index (χ3n) is 4.61. The minimum absolute atomic E-state index is 0.220. The summed E-state index contributed by atoms with van der Waals surface area (Å²) >= 11 is 0. The second kappa shape index (κ2) is 7.20. The van der Waals surface area contributed by atoms with Gasteiger partial charge in [-0.25, -0.2) is 8.78 Å². The first kappa shape index (κ1) is 17.2. The standard InChI is InChI=1S/C24H15BF2/c25-20-12-10-19(11-13-20)22-15-14-21(23(26)24(22)27)18-8-6-17(7-9-18)16-4-2-1-3-5-16/h1-15H. The van der Waals surface area contributed by atoms with E-state index < -0.39 is 11.6 Å². The zero-order chi connectivity index (χ0) is 18.8. The molecule has 0 spiro atoms. The van der Waals surface area contributed by atoms with Crippen molar-refractivity contribution in [3.05, 3.63) is 103 Å². The topological polar surface area (TPSA) is 0 Å². The Morgan fingerprint density at radius 1 is 0.444 bits per heavy atom. The Morgan fingerprint density at radius 2 is 0.852 bits per heavy atom. The molecule has 0 unspecified atom stereocenters. The summed E-state index contributed by atoms with van der Waals surface area (Å²) in [4.78, 5) is 0. The van der Waals surface area contributed by atoms with Crippen LogP contribution >= 0.6 is 0 Å². The number of halogens is 2. The molecular weight excluding hydrogens is 337 g/mol. The number of hydrogen-bond acceptors (Lipinski definition) is 0. The van der Waals surface area contributed by atoms with Crippen molar-refractivity contribution in [2.24, 2.45) is 0 Å². The highest BCUT2D eigenvalue weighted by molar-refractivity contribution is 6.32. The molecule has 0 bridgehead atoms. The van der Waals surface area contributed by atoms with E-state index in [0.717, 1.165) is 11.1 Å². The second-order valence-electron chi connectivity index (χ2n) is 6.35. The molecule has 2 radical (unpaired) electrons. The Bertz CT molecular complexity index is 1070. The van der Waals surface area contributed by atoms with Gasteiger partial charge in [-0.05, 0) is 22.3 Å². The summed E-state index contributed by atoms with van der Waals surface area (Å²) in [6.07, 6.45) is 0. The van der Waals surface area contributed by atoms with Crippen molar-refractivity contribution in [2.45, 2.75) is 0 Å². The molecule has 0 atom stereocenters. The van der Waals surface area contributed by atoms with Crippen molar-refractivity contribution < 1.29 is 8.78 Å². The summed E-state index contributed by atoms with van der Waals surface area (Å²) in [5.74, 6) is -1.71. The molecule has 0 aliphatic carbocycles. The van der Waals surface area contributed by atoms with Crippen LogP contribution in [0, 0.1) is 11.6 Å². The molecule has 4 aromatic carbocycles. The van der Waals surface area contributed by atoms with Crippen molar-refractivity contribution in [1.29, 1.82) is 0 Å². The van der Waals surface area contributed by atoms with E-state index in [-0.39, 0.29) is 11.1 Å². The van der Waals surface area contributed by atoms with Gasteiger partial charge in [0.2, 0.25) is 0 Å². The quantitative estimate of drug-likeness (QED) is 0.411. The van der Waals surface area contributed by atoms with Crippen LogP contribution in [0.15, 0.2) is 91.0 Å². The first-order chi connectivity index (χ1) is 13.1. The van der Waals surface area contributed by atoms with Crippen LogP contribution in [0.25, 0.3) is 33.4 Å². The molecule has 0 nitrogen and oxygen atoms in total. The monoisotopic (exact) mass is 352 g/mol. The molecule has 0 saturated heterocycles. The van der Waals surface area contributed by atoms with E-state index in [4.69, 9.17) is 7.85 Å². The van der Waals surface area contributed by atoms with Crippen molar-refractivity contribution in [3.63, 3.8) is 0 Å². The van der Waals surface area contributed by atoms with Gasteiger partial charge in [-0.15, -0.1) is 0 Å². The van der Waals surface area contributed by atoms with Crippen LogP contribution in [0.1, 0.15) is 0 Å². The molecule has 4 aromatic rings. The predicted molar refractivity (Wildman–Crippen MR) is 108 cm³/mol. The van der Waals surface area contributed by atoms with Crippen molar-refractivity contribution >= 4 is 13.3 Å². The van der Waals surface area contributed by atoms with Crippen molar-refractivity contribution in [1.82, 2.24) is 0 Å². The van der Waals surface area contributed by atoms with Crippen molar-refractivity contribution in [2.75, 3.05) is 0 Å². The zero-order valence-corrected chi connectivity index (χ0v) is 14.5. The van der Waals surface area contributed by atoms with Crippen LogP contribution in [0.4, 0.5) is 8.78 Å². The third-order valence-corrected chi connectivity index (χ3v) is 4.61. The molecule has 0 amide bonds. The molecular formula is C24H15BF2. The lowest BCUT2D eigenvalue weighted by Gasteiger charge is -2.10. The minimum atomic E-state index is -0.857. The maximum absolute atomic E-state index is 14.7. The van der Waals surface area contributed by atoms with Gasteiger partial charge in [0.1, 0.15) is 7.85 Å². The van der Waals surface area contributed by atoms with E-state index in [0.29, 0.717) is 16.6 Å². The predicted octanol–water partition coefficient (Wildman–Crippen LogP) is 5.76. The Labute approximate surface area is 158 Å². The highest BCUT2D eigenvalue weighted by atomic mass is 19.2. The number of rotatable bonds is 3. The van der Waals surface area contributed by atoms with Crippen LogP contribution in [-0.2, 0) is 0 Å². The van der Waals surface area contributed by atoms with Gasteiger partial charge < -0.3 is 0 Å². The van der Waals surface area contributed by atoms with Gasteiger partial charge in [0, 0.05) is 11.1 Å². The fourth-order valence-corrected chi connectivity index (χ4v) is 3.13. The van der Waals surface area contributed by atoms with Crippen LogP contribution in [0.2, 0.25) is 0 Å². The van der Waals surface area contributed by atoms with Gasteiger partial charge >= 0.3 is 0 Å². The van der Waals surface area contributed by atoms with Crippen LogP contribution in [0.3, 0.4) is 0 Å². The molecule has 27 heavy (non-hydrogen) atoms. The largest absolute Gasteiger partial charge is 0.203 e. The minimum Gasteiger partial charge on any atom is -0.203 e. The lowest BCUT2D eigenvalue weighted by Crippen LogP contribution is -2.00. The molecule has 0 aliphatic heterocycles. The van der Waals surface area contributed by atoms with E-state index in [9.17, 15) is 8.78 Å². The highest BCUT2D eigenvalue weighted by Crippen LogP contribution is 2.32. The Hall–Kier alpha value is -3.20. The van der Waals surface area contributed by atoms with E-state index in [1.807, 2.05) is 54.6 Å².